The number of rotatable bonds is 6. The maximum atomic E-state index is 13.6. The molecule has 1 atom stereocenters. The van der Waals surface area contributed by atoms with Gasteiger partial charge in [-0.1, -0.05) is 0 Å². The first-order chi connectivity index (χ1) is 14.7. The van der Waals surface area contributed by atoms with E-state index in [0.29, 0.717) is 29.3 Å². The normalized spacial score (nSPS) is 31.8. The second-order valence-corrected chi connectivity index (χ2v) is 11.9. The summed E-state index contributed by atoms with van der Waals surface area (Å²) < 4.78 is 47.5. The fourth-order valence-electron chi connectivity index (χ4n) is 5.24. The van der Waals surface area contributed by atoms with E-state index in [1.807, 2.05) is 12.3 Å². The highest BCUT2D eigenvalue weighted by molar-refractivity contribution is 7.98. The Hall–Kier alpha value is -1.78. The van der Waals surface area contributed by atoms with Crippen LogP contribution < -0.4 is 9.64 Å². The standard InChI is InChI=1S/C21H25FN2O5S2/c1-23-16(13-3-4-13)10-24(21-7-12(8-21)9-21)15-5-18(30-2)17(6-19(15)31(23,27)28)29-11-14(22)20(25)26/h5-6,11-13,16H,3-4,7-10H2,1-2H3,(H,25,26)/b14-11-/t12?,16-,21?/m0/s1. The number of benzene rings is 1. The van der Waals surface area contributed by atoms with Crippen molar-refractivity contribution in [1.82, 2.24) is 4.31 Å². The molecule has 168 valence electrons. The first-order valence-corrected chi connectivity index (χ1v) is 13.1. The van der Waals surface area contributed by atoms with Gasteiger partial charge in [0.2, 0.25) is 15.9 Å². The number of thioether (sulfide) groups is 1. The van der Waals surface area contributed by atoms with Crippen LogP contribution in [-0.4, -0.2) is 55.2 Å². The molecule has 1 aromatic rings. The summed E-state index contributed by atoms with van der Waals surface area (Å²) in [6.45, 7) is 0.668. The van der Waals surface area contributed by atoms with Crippen molar-refractivity contribution in [1.29, 1.82) is 0 Å². The number of halogens is 1. The number of nitrogens with zero attached hydrogens (tertiary/aromatic N) is 2. The second kappa shape index (κ2) is 7.11. The van der Waals surface area contributed by atoms with Crippen LogP contribution in [0.25, 0.3) is 0 Å². The summed E-state index contributed by atoms with van der Waals surface area (Å²) in [5.74, 6) is -1.96. The van der Waals surface area contributed by atoms with Crippen molar-refractivity contribution in [3.8, 4) is 5.75 Å². The summed E-state index contributed by atoms with van der Waals surface area (Å²) >= 11 is 1.35. The highest BCUT2D eigenvalue weighted by Crippen LogP contribution is 2.63. The van der Waals surface area contributed by atoms with Crippen LogP contribution >= 0.6 is 11.8 Å². The molecule has 0 spiro atoms. The average molecular weight is 469 g/mol. The van der Waals surface area contributed by atoms with Gasteiger partial charge in [-0.2, -0.15) is 8.70 Å². The predicted octanol–water partition coefficient (Wildman–Crippen LogP) is 3.45. The van der Waals surface area contributed by atoms with Crippen molar-refractivity contribution in [2.45, 2.75) is 53.5 Å². The van der Waals surface area contributed by atoms with E-state index >= 15 is 0 Å². The van der Waals surface area contributed by atoms with E-state index in [9.17, 15) is 17.6 Å². The lowest BCUT2D eigenvalue weighted by molar-refractivity contribution is -0.134. The maximum Gasteiger partial charge on any atom is 0.368 e. The van der Waals surface area contributed by atoms with Gasteiger partial charge in [-0.3, -0.25) is 0 Å². The monoisotopic (exact) mass is 468 g/mol. The molecule has 4 aliphatic carbocycles. The third-order valence-electron chi connectivity index (χ3n) is 7.27. The van der Waals surface area contributed by atoms with Crippen LogP contribution in [0.3, 0.4) is 0 Å². The average Bonchev–Trinajstić information content (AvgIpc) is 3.50. The van der Waals surface area contributed by atoms with Gasteiger partial charge >= 0.3 is 5.97 Å². The zero-order valence-corrected chi connectivity index (χ0v) is 19.0. The number of hydrogen-bond acceptors (Lipinski definition) is 6. The number of carbonyl (C=O) groups is 1. The Labute approximate surface area is 185 Å². The summed E-state index contributed by atoms with van der Waals surface area (Å²) in [6.07, 6.45) is 7.67. The third kappa shape index (κ3) is 3.25. The fraction of sp³-hybridized carbons (Fsp3) is 0.571. The minimum absolute atomic E-state index is 0.0284. The van der Waals surface area contributed by atoms with Crippen molar-refractivity contribution >= 4 is 33.4 Å². The van der Waals surface area contributed by atoms with Gasteiger partial charge in [-0.05, 0) is 56.3 Å². The van der Waals surface area contributed by atoms with Crippen LogP contribution in [-0.2, 0) is 14.8 Å². The van der Waals surface area contributed by atoms with Gasteiger partial charge in [0.25, 0.3) is 0 Å². The predicted molar refractivity (Wildman–Crippen MR) is 115 cm³/mol. The SMILES string of the molecule is CSc1cc2c(cc1O/C=C(\F)C(=O)O)S(=O)(=O)N(C)[C@H](C1CC1)CN2C12CC(C1)C2. The third-order valence-corrected chi connectivity index (χ3v) is 9.94. The van der Waals surface area contributed by atoms with E-state index in [1.165, 1.54) is 22.1 Å². The number of carboxylic acids is 1. The molecule has 4 fully saturated rings. The van der Waals surface area contributed by atoms with E-state index in [2.05, 4.69) is 4.90 Å². The first kappa shape index (κ1) is 21.1. The molecule has 0 radical (unpaired) electrons. The Morgan fingerprint density at radius 3 is 2.52 bits per heavy atom. The quantitative estimate of drug-likeness (QED) is 0.389. The van der Waals surface area contributed by atoms with E-state index in [4.69, 9.17) is 9.84 Å². The fourth-order valence-corrected chi connectivity index (χ4v) is 7.37. The number of anilines is 1. The van der Waals surface area contributed by atoms with E-state index < -0.39 is 21.8 Å². The molecule has 5 aliphatic rings. The molecule has 1 aromatic carbocycles. The van der Waals surface area contributed by atoms with Gasteiger partial charge < -0.3 is 14.7 Å². The Morgan fingerprint density at radius 1 is 1.32 bits per heavy atom. The summed E-state index contributed by atoms with van der Waals surface area (Å²) in [7, 11) is -2.16. The molecule has 1 aliphatic heterocycles. The van der Waals surface area contributed by atoms with E-state index in [0.717, 1.165) is 38.0 Å². The lowest BCUT2D eigenvalue weighted by Gasteiger charge is -2.67. The lowest BCUT2D eigenvalue weighted by Crippen LogP contribution is -2.69. The smallest absolute Gasteiger partial charge is 0.368 e. The van der Waals surface area contributed by atoms with Gasteiger partial charge in [0.1, 0.15) is 16.9 Å². The zero-order valence-electron chi connectivity index (χ0n) is 17.4. The van der Waals surface area contributed by atoms with Gasteiger partial charge in [0.15, 0.2) is 0 Å². The van der Waals surface area contributed by atoms with Crippen LogP contribution in [0.1, 0.15) is 32.1 Å². The number of fused-ring (bicyclic) bond motifs is 1. The Kier molecular flexibility index (Phi) is 4.84. The van der Waals surface area contributed by atoms with Gasteiger partial charge in [0.05, 0.1) is 10.6 Å². The Bertz CT molecular complexity index is 1070. The molecular formula is C21H25FN2O5S2. The summed E-state index contributed by atoms with van der Waals surface area (Å²) in [4.78, 5) is 13.8. The van der Waals surface area contributed by atoms with Crippen LogP contribution in [0.4, 0.5) is 10.1 Å². The van der Waals surface area contributed by atoms with Crippen LogP contribution in [0.5, 0.6) is 5.75 Å². The molecule has 0 unspecified atom stereocenters. The number of ether oxygens (including phenoxy) is 1. The highest BCUT2D eigenvalue weighted by Gasteiger charge is 2.62. The molecule has 7 nitrogen and oxygen atoms in total. The largest absolute Gasteiger partial charge is 0.476 e. The van der Waals surface area contributed by atoms with Gasteiger partial charge in [-0.25, -0.2) is 13.2 Å². The number of carboxylic acid groups (broad SMARTS) is 1. The number of hydrogen-bond donors (Lipinski definition) is 1. The molecule has 0 saturated heterocycles. The van der Waals surface area contributed by atoms with E-state index in [-0.39, 0.29) is 22.2 Å². The molecule has 6 rings (SSSR count). The van der Waals surface area contributed by atoms with Crippen molar-refractivity contribution in [2.24, 2.45) is 11.8 Å². The van der Waals surface area contributed by atoms with Crippen molar-refractivity contribution in [2.75, 3.05) is 24.7 Å². The summed E-state index contributed by atoms with van der Waals surface area (Å²) in [5.41, 5.74) is 0.702. The lowest BCUT2D eigenvalue weighted by atomic mass is 9.49. The minimum Gasteiger partial charge on any atom is -0.476 e. The van der Waals surface area contributed by atoms with Crippen molar-refractivity contribution in [3.05, 3.63) is 24.2 Å². The summed E-state index contributed by atoms with van der Waals surface area (Å²) in [5, 5.41) is 8.75. The molecule has 2 bridgehead atoms. The molecule has 1 heterocycles. The van der Waals surface area contributed by atoms with Crippen molar-refractivity contribution in [3.63, 3.8) is 0 Å². The maximum absolute atomic E-state index is 13.6. The number of sulfonamides is 1. The Morgan fingerprint density at radius 2 is 2.00 bits per heavy atom. The highest BCUT2D eigenvalue weighted by atomic mass is 32.2. The summed E-state index contributed by atoms with van der Waals surface area (Å²) in [6, 6.07) is 3.15. The second-order valence-electron chi connectivity index (χ2n) is 9.10. The van der Waals surface area contributed by atoms with Crippen LogP contribution in [0.15, 0.2) is 34.0 Å². The minimum atomic E-state index is -3.80. The molecule has 4 saturated carbocycles. The molecular weight excluding hydrogens is 443 g/mol. The molecule has 1 N–H and O–H groups in total. The van der Waals surface area contributed by atoms with E-state index in [1.54, 1.807) is 7.05 Å². The van der Waals surface area contributed by atoms with Crippen LogP contribution in [0, 0.1) is 11.8 Å². The van der Waals surface area contributed by atoms with Crippen molar-refractivity contribution < 1.29 is 27.4 Å². The molecule has 10 heteroatoms. The molecule has 0 aromatic heterocycles. The van der Waals surface area contributed by atoms with Gasteiger partial charge in [0, 0.05) is 31.2 Å². The topological polar surface area (TPSA) is 87.1 Å². The first-order valence-electron chi connectivity index (χ1n) is 10.4. The molecule has 0 amide bonds. The zero-order chi connectivity index (χ0) is 22.1. The number of likely N-dealkylation sites (N-methyl/N-ethyl adjacent to an activating group) is 1. The van der Waals surface area contributed by atoms with Gasteiger partial charge in [-0.15, -0.1) is 11.8 Å². The number of aliphatic carboxylic acids is 1. The Balaban J connectivity index is 1.64. The van der Waals surface area contributed by atoms with Crippen LogP contribution in [0.2, 0.25) is 0 Å². The molecule has 31 heavy (non-hydrogen) atoms.